The Balaban J connectivity index is 1.81. The second-order valence-electron chi connectivity index (χ2n) is 9.18. The van der Waals surface area contributed by atoms with Crippen LogP contribution in [0.4, 0.5) is 9.93 Å². The van der Waals surface area contributed by atoms with E-state index in [9.17, 15) is 19.2 Å². The molecular weight excluding hydrogens is 450 g/mol. The minimum absolute atomic E-state index is 0.119. The molecule has 12 heteroatoms. The third-order valence-corrected chi connectivity index (χ3v) is 6.30. The minimum Gasteiger partial charge on any atom is -0.444 e. The maximum absolute atomic E-state index is 13.1. The number of oxime groups is 1. The third kappa shape index (κ3) is 5.74. The number of aromatic nitrogens is 1. The van der Waals surface area contributed by atoms with E-state index >= 15 is 0 Å². The fraction of sp³-hybridized carbons (Fsp3) is 0.619. The number of rotatable bonds is 9. The number of anilines is 1. The van der Waals surface area contributed by atoms with Gasteiger partial charge in [-0.05, 0) is 47.0 Å². The van der Waals surface area contributed by atoms with E-state index in [0.29, 0.717) is 12.8 Å². The highest BCUT2D eigenvalue weighted by Crippen LogP contribution is 2.37. The number of Topliss-reactive ketones (excluding diaryl/α,β-unsaturated/α-hetero) is 2. The van der Waals surface area contributed by atoms with Gasteiger partial charge in [-0.2, -0.15) is 0 Å². The first-order valence-electron chi connectivity index (χ1n) is 10.7. The van der Waals surface area contributed by atoms with Gasteiger partial charge in [0.2, 0.25) is 5.91 Å². The van der Waals surface area contributed by atoms with Crippen molar-refractivity contribution in [2.75, 3.05) is 11.9 Å². The van der Waals surface area contributed by atoms with Crippen LogP contribution in [-0.2, 0) is 24.0 Å². The predicted octanol–water partition coefficient (Wildman–Crippen LogP) is 1.75. The molecule has 2 aliphatic rings. The number of nitrogens with two attached hydrogens (primary N) is 1. The molecule has 180 valence electrons. The quantitative estimate of drug-likeness (QED) is 0.274. The lowest BCUT2D eigenvalue weighted by molar-refractivity contribution is -0.155. The standard InChI is InChI=1S/C21H29N5O6S/c1-11(27)21(6-5-7-21)32-26-16(15(28)8-12-13(9-22)23-17(12)29)14-10-33-18(24-14)25-19(30)31-20(2,3)4/h10,12-13H,5-9,22H2,1-4H3,(H,23,29)(H,24,25,30)/b26-16-/t12-,13+/m0/s1. The molecule has 1 aromatic heterocycles. The smallest absolute Gasteiger partial charge is 0.413 e. The molecule has 2 heterocycles. The Hall–Kier alpha value is -2.86. The monoisotopic (exact) mass is 479 g/mol. The Morgan fingerprint density at radius 2 is 2.06 bits per heavy atom. The van der Waals surface area contributed by atoms with Crippen LogP contribution in [0.1, 0.15) is 59.1 Å². The topological polar surface area (TPSA) is 162 Å². The summed E-state index contributed by atoms with van der Waals surface area (Å²) < 4.78 is 5.21. The van der Waals surface area contributed by atoms with Crippen molar-refractivity contribution < 1.29 is 28.8 Å². The zero-order valence-corrected chi connectivity index (χ0v) is 19.9. The second-order valence-corrected chi connectivity index (χ2v) is 10.0. The molecule has 4 N–H and O–H groups in total. The molecule has 0 aromatic carbocycles. The van der Waals surface area contributed by atoms with Crippen LogP contribution in [-0.4, -0.2) is 58.1 Å². The Kier molecular flexibility index (Phi) is 7.17. The lowest BCUT2D eigenvalue weighted by Gasteiger charge is -2.37. The number of nitrogens with one attached hydrogen (secondary N) is 2. The number of thiazole rings is 1. The zero-order valence-electron chi connectivity index (χ0n) is 19.1. The highest BCUT2D eigenvalue weighted by Gasteiger charge is 2.45. The van der Waals surface area contributed by atoms with Crippen molar-refractivity contribution in [3.63, 3.8) is 0 Å². The van der Waals surface area contributed by atoms with Crippen molar-refractivity contribution >= 4 is 45.7 Å². The van der Waals surface area contributed by atoms with Gasteiger partial charge in [-0.15, -0.1) is 11.3 Å². The van der Waals surface area contributed by atoms with E-state index < -0.39 is 29.0 Å². The van der Waals surface area contributed by atoms with E-state index in [4.69, 9.17) is 15.3 Å². The zero-order chi connectivity index (χ0) is 24.4. The Morgan fingerprint density at radius 1 is 1.36 bits per heavy atom. The first-order valence-corrected chi connectivity index (χ1v) is 11.6. The van der Waals surface area contributed by atoms with E-state index in [1.165, 1.54) is 12.3 Å². The Labute approximate surface area is 195 Å². The molecule has 0 bridgehead atoms. The summed E-state index contributed by atoms with van der Waals surface area (Å²) in [5.41, 5.74) is 3.95. The maximum Gasteiger partial charge on any atom is 0.413 e. The van der Waals surface area contributed by atoms with Crippen LogP contribution in [0.15, 0.2) is 10.5 Å². The van der Waals surface area contributed by atoms with Gasteiger partial charge in [0.15, 0.2) is 28.0 Å². The molecule has 11 nitrogen and oxygen atoms in total. The molecule has 2 fully saturated rings. The number of carbonyl (C=O) groups excluding carboxylic acids is 4. The molecule has 1 aliphatic carbocycles. The fourth-order valence-corrected chi connectivity index (χ4v) is 4.12. The summed E-state index contributed by atoms with van der Waals surface area (Å²) in [4.78, 5) is 58.9. The number of hydrogen-bond acceptors (Lipinski definition) is 10. The summed E-state index contributed by atoms with van der Waals surface area (Å²) in [7, 11) is 0. The summed E-state index contributed by atoms with van der Waals surface area (Å²) in [5.74, 6) is -1.48. The van der Waals surface area contributed by atoms with Crippen LogP contribution < -0.4 is 16.4 Å². The summed E-state index contributed by atoms with van der Waals surface area (Å²) in [5, 5.41) is 10.9. The van der Waals surface area contributed by atoms with Crippen LogP contribution in [0, 0.1) is 5.92 Å². The first kappa shape index (κ1) is 24.8. The molecular formula is C21H29N5O6S. The van der Waals surface area contributed by atoms with Gasteiger partial charge < -0.3 is 20.6 Å². The molecule has 3 rings (SSSR count). The number of β-lactam (4-membered cyclic amide) rings is 1. The molecule has 1 saturated heterocycles. The first-order chi connectivity index (χ1) is 15.4. The van der Waals surface area contributed by atoms with Crippen LogP contribution in [0.25, 0.3) is 0 Å². The van der Waals surface area contributed by atoms with Gasteiger partial charge in [0.05, 0.1) is 12.0 Å². The van der Waals surface area contributed by atoms with Crippen LogP contribution in [0.2, 0.25) is 0 Å². The normalized spacial score (nSPS) is 21.8. The molecule has 0 radical (unpaired) electrons. The summed E-state index contributed by atoms with van der Waals surface area (Å²) >= 11 is 1.08. The van der Waals surface area contributed by atoms with Crippen LogP contribution >= 0.6 is 11.3 Å². The number of hydrogen-bond donors (Lipinski definition) is 3. The van der Waals surface area contributed by atoms with E-state index in [1.54, 1.807) is 20.8 Å². The molecule has 1 aromatic rings. The van der Waals surface area contributed by atoms with Crippen molar-refractivity contribution in [3.8, 4) is 0 Å². The van der Waals surface area contributed by atoms with Crippen molar-refractivity contribution in [2.45, 2.75) is 70.6 Å². The van der Waals surface area contributed by atoms with Gasteiger partial charge in [-0.1, -0.05) is 5.16 Å². The van der Waals surface area contributed by atoms with Crippen molar-refractivity contribution in [1.82, 2.24) is 10.3 Å². The maximum atomic E-state index is 13.1. The van der Waals surface area contributed by atoms with Gasteiger partial charge in [0.1, 0.15) is 11.3 Å². The number of amides is 2. The van der Waals surface area contributed by atoms with E-state index in [1.807, 2.05) is 0 Å². The lowest BCUT2D eigenvalue weighted by Crippen LogP contribution is -2.61. The molecule has 2 amide bonds. The average molecular weight is 480 g/mol. The van der Waals surface area contributed by atoms with Crippen molar-refractivity contribution in [1.29, 1.82) is 0 Å². The van der Waals surface area contributed by atoms with Gasteiger partial charge in [0, 0.05) is 18.3 Å². The number of nitrogens with zero attached hydrogens (tertiary/aromatic N) is 2. The van der Waals surface area contributed by atoms with Gasteiger partial charge in [0.25, 0.3) is 0 Å². The molecule has 33 heavy (non-hydrogen) atoms. The minimum atomic E-state index is -1.05. The molecule has 0 unspecified atom stereocenters. The van der Waals surface area contributed by atoms with E-state index in [-0.39, 0.29) is 47.2 Å². The fourth-order valence-electron chi connectivity index (χ4n) is 3.44. The van der Waals surface area contributed by atoms with E-state index in [0.717, 1.165) is 17.8 Å². The summed E-state index contributed by atoms with van der Waals surface area (Å²) in [6.45, 7) is 6.83. The van der Waals surface area contributed by atoms with Gasteiger partial charge >= 0.3 is 6.09 Å². The summed E-state index contributed by atoms with van der Waals surface area (Å²) in [6.07, 6.45) is 1.02. The van der Waals surface area contributed by atoms with E-state index in [2.05, 4.69) is 20.8 Å². The number of carbonyl (C=O) groups is 4. The van der Waals surface area contributed by atoms with Gasteiger partial charge in [-0.25, -0.2) is 9.78 Å². The number of ketones is 2. The third-order valence-electron chi connectivity index (χ3n) is 5.54. The lowest BCUT2D eigenvalue weighted by atomic mass is 9.77. The second kappa shape index (κ2) is 9.56. The SMILES string of the molecule is CC(=O)C1(O/N=C(\C(=O)C[C@@H]2C(=O)N[C@@H]2CN)c2csc(NC(=O)OC(C)(C)C)n2)CCC1. The van der Waals surface area contributed by atoms with Crippen LogP contribution in [0.5, 0.6) is 0 Å². The molecule has 1 saturated carbocycles. The average Bonchev–Trinajstić information content (AvgIpc) is 3.11. The number of ether oxygens (including phenoxy) is 1. The highest BCUT2D eigenvalue weighted by molar-refractivity contribution is 7.14. The highest BCUT2D eigenvalue weighted by atomic mass is 32.1. The Bertz CT molecular complexity index is 978. The molecule has 1 aliphatic heterocycles. The van der Waals surface area contributed by atoms with Crippen molar-refractivity contribution in [3.05, 3.63) is 11.1 Å². The predicted molar refractivity (Wildman–Crippen MR) is 121 cm³/mol. The van der Waals surface area contributed by atoms with Crippen LogP contribution in [0.3, 0.4) is 0 Å². The van der Waals surface area contributed by atoms with Crippen molar-refractivity contribution in [2.24, 2.45) is 16.8 Å². The Morgan fingerprint density at radius 3 is 2.58 bits per heavy atom. The van der Waals surface area contributed by atoms with Gasteiger partial charge in [-0.3, -0.25) is 19.7 Å². The largest absolute Gasteiger partial charge is 0.444 e. The molecule has 2 atom stereocenters. The molecule has 0 spiro atoms. The summed E-state index contributed by atoms with van der Waals surface area (Å²) in [6, 6.07) is -0.293.